The second kappa shape index (κ2) is 9.20. The van der Waals surface area contributed by atoms with E-state index in [-0.39, 0.29) is 36.2 Å². The maximum Gasteiger partial charge on any atom is 0.227 e. The molecule has 6 heteroatoms. The number of carbonyl (C=O) groups is 2. The molecule has 1 aromatic carbocycles. The number of carbonyl (C=O) groups excluding carboxylic acids is 2. The first-order valence-corrected chi connectivity index (χ1v) is 8.98. The fourth-order valence-corrected chi connectivity index (χ4v) is 3.69. The number of rotatable bonds is 3. The average molecular weight is 366 g/mol. The summed E-state index contributed by atoms with van der Waals surface area (Å²) in [6.45, 7) is 5.92. The van der Waals surface area contributed by atoms with Gasteiger partial charge in [0.15, 0.2) is 0 Å². The first-order chi connectivity index (χ1) is 11.6. The number of likely N-dealkylation sites (tertiary alicyclic amines) is 1. The third-order valence-electron chi connectivity index (χ3n) is 5.11. The van der Waals surface area contributed by atoms with Gasteiger partial charge in [0, 0.05) is 38.8 Å². The highest BCUT2D eigenvalue weighted by Gasteiger charge is 2.33. The van der Waals surface area contributed by atoms with Gasteiger partial charge in [-0.3, -0.25) is 9.59 Å². The molecule has 0 spiro atoms. The first-order valence-electron chi connectivity index (χ1n) is 8.98. The Labute approximate surface area is 156 Å². The molecular formula is C19H28ClN3O2. The highest BCUT2D eigenvalue weighted by Crippen LogP contribution is 2.21. The van der Waals surface area contributed by atoms with Crippen LogP contribution >= 0.6 is 12.4 Å². The van der Waals surface area contributed by atoms with Crippen LogP contribution in [-0.4, -0.2) is 60.4 Å². The zero-order chi connectivity index (χ0) is 16.9. The minimum absolute atomic E-state index is 0. The topological polar surface area (TPSA) is 52.7 Å². The Morgan fingerprint density at radius 2 is 1.96 bits per heavy atom. The Kier molecular flexibility index (Phi) is 7.26. The summed E-state index contributed by atoms with van der Waals surface area (Å²) in [7, 11) is 0. The molecule has 2 atom stereocenters. The number of hydrogen-bond donors (Lipinski definition) is 1. The van der Waals surface area contributed by atoms with Gasteiger partial charge in [0.25, 0.3) is 0 Å². The van der Waals surface area contributed by atoms with Gasteiger partial charge in [-0.15, -0.1) is 12.4 Å². The van der Waals surface area contributed by atoms with Gasteiger partial charge in [-0.2, -0.15) is 0 Å². The fraction of sp³-hybridized carbons (Fsp3) is 0.579. The summed E-state index contributed by atoms with van der Waals surface area (Å²) >= 11 is 0. The number of nitrogens with one attached hydrogen (secondary N) is 1. The Bertz CT molecular complexity index is 581. The summed E-state index contributed by atoms with van der Waals surface area (Å²) in [5.74, 6) is 0.312. The van der Waals surface area contributed by atoms with Gasteiger partial charge in [-0.1, -0.05) is 30.3 Å². The Hall–Kier alpha value is -1.59. The average Bonchev–Trinajstić information content (AvgIpc) is 2.62. The van der Waals surface area contributed by atoms with E-state index in [1.807, 2.05) is 40.1 Å². The first kappa shape index (κ1) is 19.7. The quantitative estimate of drug-likeness (QED) is 0.887. The predicted molar refractivity (Wildman–Crippen MR) is 101 cm³/mol. The maximum atomic E-state index is 12.9. The fourth-order valence-electron chi connectivity index (χ4n) is 3.69. The third kappa shape index (κ3) is 4.95. The van der Waals surface area contributed by atoms with E-state index in [1.54, 1.807) is 0 Å². The highest BCUT2D eigenvalue weighted by molar-refractivity contribution is 5.85. The molecule has 0 bridgehead atoms. The van der Waals surface area contributed by atoms with E-state index >= 15 is 0 Å². The van der Waals surface area contributed by atoms with Crippen molar-refractivity contribution in [2.45, 2.75) is 32.2 Å². The summed E-state index contributed by atoms with van der Waals surface area (Å²) in [6.07, 6.45) is 2.23. The van der Waals surface area contributed by atoms with E-state index in [1.165, 1.54) is 0 Å². The zero-order valence-electron chi connectivity index (χ0n) is 14.8. The van der Waals surface area contributed by atoms with E-state index in [0.29, 0.717) is 13.0 Å². The van der Waals surface area contributed by atoms with Crippen LogP contribution in [-0.2, 0) is 16.0 Å². The summed E-state index contributed by atoms with van der Waals surface area (Å²) in [6, 6.07) is 10.1. The number of piperazine rings is 1. The molecule has 0 aliphatic carbocycles. The second-order valence-electron chi connectivity index (χ2n) is 6.93. The number of halogens is 1. The normalized spacial score (nSPS) is 23.7. The molecule has 25 heavy (non-hydrogen) atoms. The lowest BCUT2D eigenvalue weighted by atomic mass is 9.95. The van der Waals surface area contributed by atoms with Crippen LogP contribution in [0.25, 0.3) is 0 Å². The van der Waals surface area contributed by atoms with E-state index < -0.39 is 0 Å². The van der Waals surface area contributed by atoms with Gasteiger partial charge >= 0.3 is 0 Å². The SMILES string of the molecule is CC1CNCCN1C(=O)C1CCCN(C(=O)Cc2ccccc2)C1.Cl. The van der Waals surface area contributed by atoms with Crippen LogP contribution in [0.1, 0.15) is 25.3 Å². The number of piperidine rings is 1. The number of benzene rings is 1. The van der Waals surface area contributed by atoms with E-state index in [4.69, 9.17) is 0 Å². The van der Waals surface area contributed by atoms with Crippen molar-refractivity contribution in [2.24, 2.45) is 5.92 Å². The van der Waals surface area contributed by atoms with Crippen LogP contribution in [0.15, 0.2) is 30.3 Å². The van der Waals surface area contributed by atoms with Gasteiger partial charge in [0.1, 0.15) is 0 Å². The maximum absolute atomic E-state index is 12.9. The molecule has 2 aliphatic rings. The second-order valence-corrected chi connectivity index (χ2v) is 6.93. The summed E-state index contributed by atoms with van der Waals surface area (Å²) in [5.41, 5.74) is 1.03. The Morgan fingerprint density at radius 1 is 1.20 bits per heavy atom. The third-order valence-corrected chi connectivity index (χ3v) is 5.11. The summed E-state index contributed by atoms with van der Waals surface area (Å²) in [4.78, 5) is 29.3. The Morgan fingerprint density at radius 3 is 2.68 bits per heavy atom. The molecule has 0 saturated carbocycles. The molecule has 0 radical (unpaired) electrons. The molecule has 2 amide bonds. The molecule has 1 N–H and O–H groups in total. The van der Waals surface area contributed by atoms with Crippen LogP contribution in [0.3, 0.4) is 0 Å². The van der Waals surface area contributed by atoms with Crippen molar-refractivity contribution in [2.75, 3.05) is 32.7 Å². The minimum atomic E-state index is -0.0426. The zero-order valence-corrected chi connectivity index (χ0v) is 15.6. The number of amides is 2. The standard InChI is InChI=1S/C19H27N3O2.ClH/c1-15-13-20-9-11-22(15)19(24)17-8-5-10-21(14-17)18(23)12-16-6-3-2-4-7-16;/h2-4,6-7,15,17,20H,5,8-14H2,1H3;1H. The van der Waals surface area contributed by atoms with Gasteiger partial charge in [0.05, 0.1) is 12.3 Å². The van der Waals surface area contributed by atoms with Gasteiger partial charge in [-0.05, 0) is 25.3 Å². The van der Waals surface area contributed by atoms with Gasteiger partial charge in [0.2, 0.25) is 11.8 Å². The largest absolute Gasteiger partial charge is 0.342 e. The molecule has 2 heterocycles. The van der Waals surface area contributed by atoms with Crippen molar-refractivity contribution < 1.29 is 9.59 Å². The van der Waals surface area contributed by atoms with E-state index in [0.717, 1.165) is 44.6 Å². The van der Waals surface area contributed by atoms with Crippen LogP contribution in [0.4, 0.5) is 0 Å². The van der Waals surface area contributed by atoms with Gasteiger partial charge < -0.3 is 15.1 Å². The molecule has 2 unspecified atom stereocenters. The lowest BCUT2D eigenvalue weighted by molar-refractivity contribution is -0.142. The minimum Gasteiger partial charge on any atom is -0.342 e. The Balaban J connectivity index is 0.00000225. The van der Waals surface area contributed by atoms with Crippen LogP contribution in [0, 0.1) is 5.92 Å². The monoisotopic (exact) mass is 365 g/mol. The molecule has 5 nitrogen and oxygen atoms in total. The summed E-state index contributed by atoms with van der Waals surface area (Å²) in [5, 5.41) is 3.32. The lowest BCUT2D eigenvalue weighted by Crippen LogP contribution is -2.56. The van der Waals surface area contributed by atoms with Crippen LogP contribution in [0.2, 0.25) is 0 Å². The molecular weight excluding hydrogens is 338 g/mol. The van der Waals surface area contributed by atoms with Crippen molar-refractivity contribution in [1.82, 2.24) is 15.1 Å². The molecule has 2 aliphatic heterocycles. The molecule has 1 aromatic rings. The van der Waals surface area contributed by atoms with Crippen molar-refractivity contribution in [3.63, 3.8) is 0 Å². The summed E-state index contributed by atoms with van der Waals surface area (Å²) < 4.78 is 0. The predicted octanol–water partition coefficient (Wildman–Crippen LogP) is 1.71. The van der Waals surface area contributed by atoms with Gasteiger partial charge in [-0.25, -0.2) is 0 Å². The molecule has 138 valence electrons. The number of hydrogen-bond acceptors (Lipinski definition) is 3. The molecule has 0 aromatic heterocycles. The molecule has 2 saturated heterocycles. The smallest absolute Gasteiger partial charge is 0.227 e. The van der Waals surface area contributed by atoms with E-state index in [9.17, 15) is 9.59 Å². The highest BCUT2D eigenvalue weighted by atomic mass is 35.5. The van der Waals surface area contributed by atoms with Crippen molar-refractivity contribution in [3.8, 4) is 0 Å². The van der Waals surface area contributed by atoms with Crippen LogP contribution < -0.4 is 5.32 Å². The van der Waals surface area contributed by atoms with E-state index in [2.05, 4.69) is 12.2 Å². The van der Waals surface area contributed by atoms with Crippen molar-refractivity contribution >= 4 is 24.2 Å². The lowest BCUT2D eigenvalue weighted by Gasteiger charge is -2.39. The molecule has 2 fully saturated rings. The molecule has 3 rings (SSSR count). The van der Waals surface area contributed by atoms with Crippen molar-refractivity contribution in [3.05, 3.63) is 35.9 Å². The number of nitrogens with zero attached hydrogens (tertiary/aromatic N) is 2. The van der Waals surface area contributed by atoms with Crippen molar-refractivity contribution in [1.29, 1.82) is 0 Å². The van der Waals surface area contributed by atoms with Crippen LogP contribution in [0.5, 0.6) is 0 Å².